The fourth-order valence-corrected chi connectivity index (χ4v) is 1.15. The number of anilines is 1. The first-order valence-electron chi connectivity index (χ1n) is 3.84. The summed E-state index contributed by atoms with van der Waals surface area (Å²) in [6.07, 6.45) is -0.188. The van der Waals surface area contributed by atoms with Gasteiger partial charge in [0.15, 0.2) is 0 Å². The summed E-state index contributed by atoms with van der Waals surface area (Å²) in [4.78, 5) is 10.2. The number of nitrogen functional groups attached to an aromatic ring is 1. The molecule has 4 heteroatoms. The van der Waals surface area contributed by atoms with E-state index in [-0.39, 0.29) is 6.42 Å². The van der Waals surface area contributed by atoms with Gasteiger partial charge < -0.3 is 10.8 Å². The Morgan fingerprint density at radius 1 is 1.50 bits per heavy atom. The van der Waals surface area contributed by atoms with Crippen molar-refractivity contribution in [3.8, 4) is 11.8 Å². The van der Waals surface area contributed by atoms with E-state index in [2.05, 4.69) is 11.8 Å². The smallest absolute Gasteiger partial charge is 0.315 e. The van der Waals surface area contributed by atoms with Crippen molar-refractivity contribution < 1.29 is 9.90 Å². The van der Waals surface area contributed by atoms with Crippen LogP contribution in [0.5, 0.6) is 0 Å². The molecule has 0 aliphatic rings. The van der Waals surface area contributed by atoms with E-state index in [1.807, 2.05) is 0 Å². The van der Waals surface area contributed by atoms with Gasteiger partial charge in [0, 0.05) is 16.3 Å². The van der Waals surface area contributed by atoms with Gasteiger partial charge in [0.2, 0.25) is 0 Å². The average molecular weight is 210 g/mol. The number of rotatable bonds is 1. The van der Waals surface area contributed by atoms with Crippen LogP contribution in [-0.2, 0) is 4.79 Å². The quantitative estimate of drug-likeness (QED) is 0.547. The average Bonchev–Trinajstić information content (AvgIpc) is 2.01. The number of hydrogen-bond acceptors (Lipinski definition) is 2. The highest BCUT2D eigenvalue weighted by Crippen LogP contribution is 2.15. The molecule has 1 aromatic rings. The Kier molecular flexibility index (Phi) is 3.38. The summed E-state index contributed by atoms with van der Waals surface area (Å²) in [7, 11) is 0. The topological polar surface area (TPSA) is 63.3 Å². The number of aliphatic carboxylic acids is 1. The molecule has 72 valence electrons. The predicted molar refractivity (Wildman–Crippen MR) is 55.0 cm³/mol. The summed E-state index contributed by atoms with van der Waals surface area (Å²) in [5.74, 6) is 4.20. The van der Waals surface area contributed by atoms with Crippen molar-refractivity contribution in [2.45, 2.75) is 6.42 Å². The lowest BCUT2D eigenvalue weighted by Crippen LogP contribution is -1.90. The van der Waals surface area contributed by atoms with E-state index in [1.54, 1.807) is 18.2 Å². The number of carboxylic acids is 1. The minimum Gasteiger partial charge on any atom is -0.481 e. The molecule has 1 aromatic carbocycles. The van der Waals surface area contributed by atoms with Crippen LogP contribution in [0.15, 0.2) is 18.2 Å². The van der Waals surface area contributed by atoms with Crippen molar-refractivity contribution in [2.75, 3.05) is 5.73 Å². The maximum absolute atomic E-state index is 10.2. The number of carboxylic acid groups (broad SMARTS) is 1. The standard InChI is InChI=1S/C10H8ClNO2/c11-8-4-7(5-9(12)6-8)2-1-3-10(13)14/h4-6H,3,12H2,(H,13,14). The molecule has 0 radical (unpaired) electrons. The molecule has 0 bridgehead atoms. The van der Waals surface area contributed by atoms with E-state index >= 15 is 0 Å². The molecule has 0 heterocycles. The van der Waals surface area contributed by atoms with Crippen LogP contribution in [0.2, 0.25) is 5.02 Å². The molecule has 0 atom stereocenters. The van der Waals surface area contributed by atoms with Crippen LogP contribution in [-0.4, -0.2) is 11.1 Å². The maximum atomic E-state index is 10.2. The Bertz CT molecular complexity index is 398. The Labute approximate surface area is 86.5 Å². The zero-order valence-electron chi connectivity index (χ0n) is 7.25. The van der Waals surface area contributed by atoms with Crippen LogP contribution in [0.3, 0.4) is 0 Å². The summed E-state index contributed by atoms with van der Waals surface area (Å²) in [6.45, 7) is 0. The van der Waals surface area contributed by atoms with Crippen molar-refractivity contribution in [3.63, 3.8) is 0 Å². The van der Waals surface area contributed by atoms with E-state index in [0.717, 1.165) is 0 Å². The van der Waals surface area contributed by atoms with Crippen LogP contribution in [0.4, 0.5) is 5.69 Å². The SMILES string of the molecule is Nc1cc(Cl)cc(C#CCC(=O)O)c1. The van der Waals surface area contributed by atoms with E-state index < -0.39 is 5.97 Å². The lowest BCUT2D eigenvalue weighted by Gasteiger charge is -1.95. The summed E-state index contributed by atoms with van der Waals surface area (Å²) < 4.78 is 0. The first-order valence-corrected chi connectivity index (χ1v) is 4.22. The number of benzene rings is 1. The lowest BCUT2D eigenvalue weighted by molar-refractivity contribution is -0.135. The van der Waals surface area contributed by atoms with Gasteiger partial charge in [-0.3, -0.25) is 4.79 Å². The van der Waals surface area contributed by atoms with Gasteiger partial charge in [-0.2, -0.15) is 0 Å². The fourth-order valence-electron chi connectivity index (χ4n) is 0.906. The van der Waals surface area contributed by atoms with Crippen molar-refractivity contribution >= 4 is 23.3 Å². The van der Waals surface area contributed by atoms with Gasteiger partial charge in [-0.25, -0.2) is 0 Å². The largest absolute Gasteiger partial charge is 0.481 e. The second kappa shape index (κ2) is 4.54. The number of carbonyl (C=O) groups is 1. The molecule has 0 aliphatic carbocycles. The molecule has 14 heavy (non-hydrogen) atoms. The van der Waals surface area contributed by atoms with E-state index in [9.17, 15) is 4.79 Å². The molecule has 0 aromatic heterocycles. The highest BCUT2D eigenvalue weighted by Gasteiger charge is 1.94. The summed E-state index contributed by atoms with van der Waals surface area (Å²) in [6, 6.07) is 4.87. The van der Waals surface area contributed by atoms with Crippen LogP contribution < -0.4 is 5.73 Å². The zero-order valence-corrected chi connectivity index (χ0v) is 8.01. The third-order valence-electron chi connectivity index (χ3n) is 1.39. The second-order valence-electron chi connectivity index (χ2n) is 2.65. The molecular formula is C10H8ClNO2. The zero-order chi connectivity index (χ0) is 10.6. The second-order valence-corrected chi connectivity index (χ2v) is 3.08. The van der Waals surface area contributed by atoms with Gasteiger partial charge in [0.1, 0.15) is 6.42 Å². The van der Waals surface area contributed by atoms with Crippen LogP contribution in [0, 0.1) is 11.8 Å². The molecule has 0 saturated carbocycles. The molecule has 1 rings (SSSR count). The first kappa shape index (κ1) is 10.4. The van der Waals surface area contributed by atoms with E-state index in [1.165, 1.54) is 0 Å². The summed E-state index contributed by atoms with van der Waals surface area (Å²) in [5, 5.41) is 8.84. The monoisotopic (exact) mass is 209 g/mol. The van der Waals surface area contributed by atoms with Gasteiger partial charge in [-0.05, 0) is 18.2 Å². The van der Waals surface area contributed by atoms with Crippen molar-refractivity contribution in [3.05, 3.63) is 28.8 Å². The number of halogens is 1. The molecule has 0 amide bonds. The van der Waals surface area contributed by atoms with E-state index in [0.29, 0.717) is 16.3 Å². The first-order chi connectivity index (χ1) is 6.58. The third-order valence-corrected chi connectivity index (χ3v) is 1.61. The molecule has 0 fully saturated rings. The third kappa shape index (κ3) is 3.38. The molecular weight excluding hydrogens is 202 g/mol. The molecule has 3 nitrogen and oxygen atoms in total. The highest BCUT2D eigenvalue weighted by molar-refractivity contribution is 6.30. The highest BCUT2D eigenvalue weighted by atomic mass is 35.5. The minimum absolute atomic E-state index is 0.188. The normalized spacial score (nSPS) is 8.93. The lowest BCUT2D eigenvalue weighted by atomic mass is 10.2. The maximum Gasteiger partial charge on any atom is 0.315 e. The molecule has 3 N–H and O–H groups in total. The molecule has 0 spiro atoms. The van der Waals surface area contributed by atoms with Gasteiger partial charge in [-0.15, -0.1) is 0 Å². The van der Waals surface area contributed by atoms with E-state index in [4.69, 9.17) is 22.4 Å². The van der Waals surface area contributed by atoms with Crippen LogP contribution in [0.25, 0.3) is 0 Å². The van der Waals surface area contributed by atoms with Crippen LogP contribution in [0.1, 0.15) is 12.0 Å². The molecule has 0 unspecified atom stereocenters. The molecule has 0 saturated heterocycles. The van der Waals surface area contributed by atoms with Gasteiger partial charge >= 0.3 is 5.97 Å². The van der Waals surface area contributed by atoms with Gasteiger partial charge in [0.05, 0.1) is 0 Å². The fraction of sp³-hybridized carbons (Fsp3) is 0.100. The van der Waals surface area contributed by atoms with Crippen molar-refractivity contribution in [2.24, 2.45) is 0 Å². The Morgan fingerprint density at radius 2 is 2.21 bits per heavy atom. The predicted octanol–water partition coefficient (Wildman–Crippen LogP) is 1.75. The van der Waals surface area contributed by atoms with Crippen molar-refractivity contribution in [1.29, 1.82) is 0 Å². The summed E-state index contributed by atoms with van der Waals surface area (Å²) in [5.41, 5.74) is 6.66. The Balaban J connectivity index is 2.84. The van der Waals surface area contributed by atoms with Crippen LogP contribution >= 0.6 is 11.6 Å². The Morgan fingerprint density at radius 3 is 2.79 bits per heavy atom. The molecule has 0 aliphatic heterocycles. The van der Waals surface area contributed by atoms with Crippen molar-refractivity contribution in [1.82, 2.24) is 0 Å². The van der Waals surface area contributed by atoms with Gasteiger partial charge in [-0.1, -0.05) is 23.4 Å². The number of hydrogen-bond donors (Lipinski definition) is 2. The summed E-state index contributed by atoms with van der Waals surface area (Å²) >= 11 is 5.73. The van der Waals surface area contributed by atoms with Gasteiger partial charge in [0.25, 0.3) is 0 Å². The number of nitrogens with two attached hydrogens (primary N) is 1. The minimum atomic E-state index is -0.951. The Hall–Kier alpha value is -1.66.